The number of Topliss-reactive ketones (excluding diaryl/α,β-unsaturated/α-hetero) is 1. The SMILES string of the molecule is N[C@@H](CC(=O)O)C(=O)OC(C(=O)[C@@H](N)CC(Cc1ccccc1)C(=O)O)c1ccccc1. The van der Waals surface area contributed by atoms with Crippen LogP contribution in [-0.2, 0) is 30.3 Å². The minimum Gasteiger partial charge on any atom is -0.481 e. The molecule has 9 nitrogen and oxygen atoms in total. The first-order valence-electron chi connectivity index (χ1n) is 9.98. The Morgan fingerprint density at radius 2 is 1.41 bits per heavy atom. The van der Waals surface area contributed by atoms with E-state index in [9.17, 15) is 24.3 Å². The Kier molecular flexibility index (Phi) is 9.06. The maximum atomic E-state index is 13.1. The van der Waals surface area contributed by atoms with Gasteiger partial charge in [-0.25, -0.2) is 0 Å². The minimum absolute atomic E-state index is 0.175. The summed E-state index contributed by atoms with van der Waals surface area (Å²) in [6.07, 6.45) is -2.11. The Hall–Kier alpha value is -3.56. The van der Waals surface area contributed by atoms with Gasteiger partial charge in [-0.1, -0.05) is 60.7 Å². The van der Waals surface area contributed by atoms with Crippen LogP contribution in [0.2, 0.25) is 0 Å². The fourth-order valence-electron chi connectivity index (χ4n) is 3.18. The van der Waals surface area contributed by atoms with Crippen molar-refractivity contribution in [1.29, 1.82) is 0 Å². The Morgan fingerprint density at radius 1 is 0.844 bits per heavy atom. The van der Waals surface area contributed by atoms with E-state index in [1.165, 1.54) is 0 Å². The summed E-state index contributed by atoms with van der Waals surface area (Å²) in [5.41, 5.74) is 12.7. The van der Waals surface area contributed by atoms with Crippen molar-refractivity contribution in [3.63, 3.8) is 0 Å². The zero-order valence-electron chi connectivity index (χ0n) is 17.3. The number of carbonyl (C=O) groups is 4. The summed E-state index contributed by atoms with van der Waals surface area (Å²) in [6, 6.07) is 14.3. The maximum absolute atomic E-state index is 13.1. The number of nitrogens with two attached hydrogens (primary N) is 2. The number of rotatable bonds is 12. The lowest BCUT2D eigenvalue weighted by Gasteiger charge is -2.23. The van der Waals surface area contributed by atoms with Crippen LogP contribution >= 0.6 is 0 Å². The van der Waals surface area contributed by atoms with Gasteiger partial charge in [0.05, 0.1) is 18.4 Å². The van der Waals surface area contributed by atoms with Crippen molar-refractivity contribution >= 4 is 23.7 Å². The molecule has 32 heavy (non-hydrogen) atoms. The van der Waals surface area contributed by atoms with Crippen LogP contribution in [0.3, 0.4) is 0 Å². The van der Waals surface area contributed by atoms with E-state index in [2.05, 4.69) is 0 Å². The summed E-state index contributed by atoms with van der Waals surface area (Å²) in [4.78, 5) is 47.9. The van der Waals surface area contributed by atoms with Crippen molar-refractivity contribution in [2.45, 2.75) is 37.5 Å². The summed E-state index contributed by atoms with van der Waals surface area (Å²) in [5, 5.41) is 18.4. The lowest BCUT2D eigenvalue weighted by Crippen LogP contribution is -2.42. The van der Waals surface area contributed by atoms with Crippen LogP contribution in [0.4, 0.5) is 0 Å². The topological polar surface area (TPSA) is 170 Å². The van der Waals surface area contributed by atoms with Gasteiger partial charge in [0, 0.05) is 5.56 Å². The molecule has 2 unspecified atom stereocenters. The quantitative estimate of drug-likeness (QED) is 0.354. The molecule has 0 aliphatic carbocycles. The van der Waals surface area contributed by atoms with Gasteiger partial charge in [-0.05, 0) is 18.4 Å². The van der Waals surface area contributed by atoms with Crippen LogP contribution in [-0.4, -0.2) is 46.0 Å². The summed E-state index contributed by atoms with van der Waals surface area (Å²) in [5.74, 6) is -5.10. The normalized spacial score (nSPS) is 14.6. The highest BCUT2D eigenvalue weighted by Gasteiger charge is 2.34. The molecule has 170 valence electrons. The molecule has 9 heteroatoms. The summed E-state index contributed by atoms with van der Waals surface area (Å²) in [7, 11) is 0. The third-order valence-corrected chi connectivity index (χ3v) is 4.87. The molecule has 0 aliphatic rings. The van der Waals surface area contributed by atoms with Gasteiger partial charge >= 0.3 is 17.9 Å². The lowest BCUT2D eigenvalue weighted by atomic mass is 9.89. The van der Waals surface area contributed by atoms with Gasteiger partial charge in [0.15, 0.2) is 11.9 Å². The molecule has 6 N–H and O–H groups in total. The second-order valence-electron chi connectivity index (χ2n) is 7.40. The molecule has 0 aromatic heterocycles. The fraction of sp³-hybridized carbons (Fsp3) is 0.304. The van der Waals surface area contributed by atoms with Gasteiger partial charge in [-0.15, -0.1) is 0 Å². The zero-order chi connectivity index (χ0) is 23.7. The molecule has 0 fully saturated rings. The number of esters is 1. The molecular formula is C23H26N2O7. The van der Waals surface area contributed by atoms with E-state index in [1.807, 2.05) is 6.07 Å². The minimum atomic E-state index is -1.47. The van der Waals surface area contributed by atoms with Crippen LogP contribution in [0.15, 0.2) is 60.7 Å². The second kappa shape index (κ2) is 11.7. The van der Waals surface area contributed by atoms with Crippen LogP contribution in [0, 0.1) is 5.92 Å². The van der Waals surface area contributed by atoms with E-state index in [4.69, 9.17) is 21.3 Å². The Morgan fingerprint density at radius 3 is 1.94 bits per heavy atom. The highest BCUT2D eigenvalue weighted by molar-refractivity contribution is 5.92. The molecule has 2 aromatic rings. The molecular weight excluding hydrogens is 416 g/mol. The average Bonchev–Trinajstić information content (AvgIpc) is 2.77. The van der Waals surface area contributed by atoms with Crippen LogP contribution in [0.5, 0.6) is 0 Å². The van der Waals surface area contributed by atoms with Crippen molar-refractivity contribution < 1.29 is 34.1 Å². The number of aliphatic carboxylic acids is 2. The van der Waals surface area contributed by atoms with Gasteiger partial charge < -0.3 is 26.4 Å². The molecule has 4 atom stereocenters. The van der Waals surface area contributed by atoms with Crippen molar-refractivity contribution in [1.82, 2.24) is 0 Å². The lowest BCUT2D eigenvalue weighted by molar-refractivity contribution is -0.159. The zero-order valence-corrected chi connectivity index (χ0v) is 17.3. The predicted octanol–water partition coefficient (Wildman–Crippen LogP) is 1.30. The average molecular weight is 442 g/mol. The summed E-state index contributed by atoms with van der Waals surface area (Å²) < 4.78 is 5.24. The van der Waals surface area contributed by atoms with E-state index >= 15 is 0 Å². The first-order valence-corrected chi connectivity index (χ1v) is 9.98. The molecule has 0 amide bonds. The van der Waals surface area contributed by atoms with Crippen LogP contribution in [0.25, 0.3) is 0 Å². The molecule has 0 bridgehead atoms. The second-order valence-corrected chi connectivity index (χ2v) is 7.40. The summed E-state index contributed by atoms with van der Waals surface area (Å²) >= 11 is 0. The van der Waals surface area contributed by atoms with E-state index in [1.54, 1.807) is 54.6 Å². The van der Waals surface area contributed by atoms with Crippen molar-refractivity contribution in [3.8, 4) is 0 Å². The number of carboxylic acid groups (broad SMARTS) is 2. The first kappa shape index (κ1) is 24.7. The molecule has 0 saturated carbocycles. The largest absolute Gasteiger partial charge is 0.481 e. The van der Waals surface area contributed by atoms with E-state index in [0.29, 0.717) is 5.56 Å². The van der Waals surface area contributed by atoms with Crippen molar-refractivity contribution in [2.24, 2.45) is 17.4 Å². The number of hydrogen-bond donors (Lipinski definition) is 4. The van der Waals surface area contributed by atoms with E-state index < -0.39 is 54.2 Å². The molecule has 0 saturated heterocycles. The van der Waals surface area contributed by atoms with Gasteiger partial charge in [0.25, 0.3) is 0 Å². The Balaban J connectivity index is 2.18. The highest BCUT2D eigenvalue weighted by atomic mass is 16.5. The maximum Gasteiger partial charge on any atom is 0.324 e. The van der Waals surface area contributed by atoms with Gasteiger partial charge in [0.1, 0.15) is 6.04 Å². The van der Waals surface area contributed by atoms with Gasteiger partial charge in [-0.2, -0.15) is 0 Å². The number of ether oxygens (including phenoxy) is 1. The fourth-order valence-corrected chi connectivity index (χ4v) is 3.18. The third-order valence-electron chi connectivity index (χ3n) is 4.87. The molecule has 0 spiro atoms. The van der Waals surface area contributed by atoms with Crippen molar-refractivity contribution in [2.75, 3.05) is 0 Å². The van der Waals surface area contributed by atoms with Crippen molar-refractivity contribution in [3.05, 3.63) is 71.8 Å². The highest BCUT2D eigenvalue weighted by Crippen LogP contribution is 2.23. The first-order chi connectivity index (χ1) is 15.2. The third kappa shape index (κ3) is 7.29. The molecule has 2 aromatic carbocycles. The Labute approximate surface area is 185 Å². The molecule has 2 rings (SSSR count). The van der Waals surface area contributed by atoms with E-state index in [-0.39, 0.29) is 12.8 Å². The number of ketones is 1. The van der Waals surface area contributed by atoms with Crippen LogP contribution in [0.1, 0.15) is 30.1 Å². The molecule has 0 aliphatic heterocycles. The predicted molar refractivity (Wildman–Crippen MR) is 114 cm³/mol. The number of hydrogen-bond acceptors (Lipinski definition) is 7. The standard InChI is InChI=1S/C23H26N2O7/c24-17(12-16(22(29)30)11-14-7-3-1-4-8-14)20(28)21(15-9-5-2-6-10-15)32-23(31)18(25)13-19(26)27/h1-10,16-18,21H,11-13,24-25H2,(H,26,27)(H,29,30)/t16?,17-,18-,21?/m0/s1. The number of benzene rings is 2. The molecule has 0 radical (unpaired) electrons. The van der Waals surface area contributed by atoms with Gasteiger partial charge in [0.2, 0.25) is 0 Å². The van der Waals surface area contributed by atoms with Crippen LogP contribution < -0.4 is 11.5 Å². The number of carbonyl (C=O) groups excluding carboxylic acids is 2. The monoisotopic (exact) mass is 442 g/mol. The Bertz CT molecular complexity index is 934. The van der Waals surface area contributed by atoms with Gasteiger partial charge in [-0.3, -0.25) is 19.2 Å². The smallest absolute Gasteiger partial charge is 0.324 e. The molecule has 0 heterocycles. The number of carboxylic acids is 2. The summed E-state index contributed by atoms with van der Waals surface area (Å²) in [6.45, 7) is 0. The van der Waals surface area contributed by atoms with E-state index in [0.717, 1.165) is 5.56 Å².